The molecule has 2 aliphatic rings. The molecule has 2 atom stereocenters. The minimum absolute atomic E-state index is 0.178. The van der Waals surface area contributed by atoms with Crippen molar-refractivity contribution in [3.63, 3.8) is 0 Å². The van der Waals surface area contributed by atoms with Crippen LogP contribution in [0.15, 0.2) is 21.7 Å². The number of nitrogens with one attached hydrogen (secondary N) is 1. The fraction of sp³-hybridized carbons (Fsp3) is 0.571. The number of aromatic nitrogens is 2. The molecule has 2 heterocycles. The SMILES string of the molecule is Cc1c(N2CCC(C(N)C(C)(C)C#N)C2)ccc2c(=O)[nH]c(=O)n(C3CC3)c12. The van der Waals surface area contributed by atoms with E-state index < -0.39 is 5.41 Å². The van der Waals surface area contributed by atoms with E-state index in [9.17, 15) is 14.9 Å². The molecular formula is C21H27N5O2. The molecule has 3 N–H and O–H groups in total. The highest BCUT2D eigenvalue weighted by molar-refractivity contribution is 5.86. The Bertz CT molecular complexity index is 1090. The van der Waals surface area contributed by atoms with E-state index in [0.29, 0.717) is 5.39 Å². The maximum absolute atomic E-state index is 12.5. The number of nitrogens with zero attached hydrogens (tertiary/aromatic N) is 3. The van der Waals surface area contributed by atoms with Crippen LogP contribution in [0.3, 0.4) is 0 Å². The van der Waals surface area contributed by atoms with Gasteiger partial charge >= 0.3 is 5.69 Å². The lowest BCUT2D eigenvalue weighted by atomic mass is 9.79. The number of hydrogen-bond donors (Lipinski definition) is 2. The van der Waals surface area contributed by atoms with Crippen LogP contribution >= 0.6 is 0 Å². The third-order valence-corrected chi connectivity index (χ3v) is 6.43. The Morgan fingerprint density at radius 2 is 2.00 bits per heavy atom. The quantitative estimate of drug-likeness (QED) is 0.842. The highest BCUT2D eigenvalue weighted by Crippen LogP contribution is 2.38. The van der Waals surface area contributed by atoms with Crippen LogP contribution in [0.25, 0.3) is 10.9 Å². The predicted octanol–water partition coefficient (Wildman–Crippen LogP) is 2.04. The fourth-order valence-corrected chi connectivity index (χ4v) is 4.50. The van der Waals surface area contributed by atoms with Crippen LogP contribution in [0.2, 0.25) is 0 Å². The van der Waals surface area contributed by atoms with Crippen molar-refractivity contribution in [3.8, 4) is 6.07 Å². The number of benzene rings is 1. The van der Waals surface area contributed by atoms with Gasteiger partial charge in [-0.25, -0.2) is 4.79 Å². The molecule has 1 aliphatic heterocycles. The van der Waals surface area contributed by atoms with E-state index in [0.717, 1.165) is 49.1 Å². The van der Waals surface area contributed by atoms with Gasteiger partial charge in [0.15, 0.2) is 0 Å². The second-order valence-electron chi connectivity index (χ2n) is 8.82. The Morgan fingerprint density at radius 3 is 2.64 bits per heavy atom. The van der Waals surface area contributed by atoms with Crippen molar-refractivity contribution in [2.45, 2.75) is 52.1 Å². The number of nitrogens with two attached hydrogens (primary N) is 1. The second-order valence-corrected chi connectivity index (χ2v) is 8.82. The molecule has 4 rings (SSSR count). The summed E-state index contributed by atoms with van der Waals surface area (Å²) in [7, 11) is 0. The van der Waals surface area contributed by atoms with Crippen LogP contribution in [0.1, 0.15) is 44.7 Å². The summed E-state index contributed by atoms with van der Waals surface area (Å²) in [6.45, 7) is 7.39. The summed E-state index contributed by atoms with van der Waals surface area (Å²) >= 11 is 0. The maximum atomic E-state index is 12.5. The molecule has 1 aromatic carbocycles. The van der Waals surface area contributed by atoms with Gasteiger partial charge in [-0.2, -0.15) is 5.26 Å². The zero-order chi connectivity index (χ0) is 20.2. The number of rotatable bonds is 4. The summed E-state index contributed by atoms with van der Waals surface area (Å²) in [6.07, 6.45) is 2.86. The minimum atomic E-state index is -0.571. The zero-order valence-electron chi connectivity index (χ0n) is 16.7. The molecule has 2 aromatic rings. The molecule has 0 amide bonds. The van der Waals surface area contributed by atoms with Gasteiger partial charge in [-0.1, -0.05) is 0 Å². The summed E-state index contributed by atoms with van der Waals surface area (Å²) in [5, 5.41) is 9.96. The number of aryl methyl sites for hydroxylation is 1. The van der Waals surface area contributed by atoms with Gasteiger partial charge in [0.05, 0.1) is 22.4 Å². The number of anilines is 1. The molecule has 28 heavy (non-hydrogen) atoms. The van der Waals surface area contributed by atoms with E-state index >= 15 is 0 Å². The Labute approximate surface area is 163 Å². The smallest absolute Gasteiger partial charge is 0.329 e. The molecule has 1 saturated heterocycles. The van der Waals surface area contributed by atoms with E-state index in [4.69, 9.17) is 5.73 Å². The molecule has 2 fully saturated rings. The predicted molar refractivity (Wildman–Crippen MR) is 110 cm³/mol. The van der Waals surface area contributed by atoms with E-state index in [2.05, 4.69) is 16.0 Å². The molecule has 7 nitrogen and oxygen atoms in total. The van der Waals surface area contributed by atoms with Gasteiger partial charge in [0.2, 0.25) is 0 Å². The van der Waals surface area contributed by atoms with Crippen molar-refractivity contribution >= 4 is 16.6 Å². The van der Waals surface area contributed by atoms with Gasteiger partial charge in [0.25, 0.3) is 5.56 Å². The number of H-pyrrole nitrogens is 1. The summed E-state index contributed by atoms with van der Waals surface area (Å²) in [6, 6.07) is 6.10. The van der Waals surface area contributed by atoms with Gasteiger partial charge < -0.3 is 10.6 Å². The second kappa shape index (κ2) is 6.49. The first-order chi connectivity index (χ1) is 13.2. The number of nitriles is 1. The lowest BCUT2D eigenvalue weighted by molar-refractivity contribution is 0.294. The standard InChI is InChI=1S/C21H27N5O2/c1-12-16(25-9-8-13(10-25)18(23)21(2,3)11-22)7-6-15-17(12)26(14-4-5-14)20(28)24-19(15)27/h6-7,13-14,18H,4-5,8-10,23H2,1-3H3,(H,24,27,28). The largest absolute Gasteiger partial charge is 0.371 e. The average molecular weight is 381 g/mol. The van der Waals surface area contributed by atoms with Crippen molar-refractivity contribution in [2.24, 2.45) is 17.1 Å². The Balaban J connectivity index is 1.74. The van der Waals surface area contributed by atoms with E-state index in [1.54, 1.807) is 4.57 Å². The van der Waals surface area contributed by atoms with Crippen molar-refractivity contribution in [2.75, 3.05) is 18.0 Å². The van der Waals surface area contributed by atoms with Crippen LogP contribution in [-0.4, -0.2) is 28.7 Å². The average Bonchev–Trinajstić information content (AvgIpc) is 3.37. The highest BCUT2D eigenvalue weighted by atomic mass is 16.2. The third-order valence-electron chi connectivity index (χ3n) is 6.43. The van der Waals surface area contributed by atoms with Crippen LogP contribution in [-0.2, 0) is 0 Å². The monoisotopic (exact) mass is 381 g/mol. The Hall–Kier alpha value is -2.59. The molecule has 0 bridgehead atoms. The first-order valence-electron chi connectivity index (χ1n) is 9.94. The number of fused-ring (bicyclic) bond motifs is 1. The van der Waals surface area contributed by atoms with E-state index in [1.165, 1.54) is 0 Å². The molecule has 1 aromatic heterocycles. The molecule has 0 radical (unpaired) electrons. The van der Waals surface area contributed by atoms with Gasteiger partial charge in [-0.3, -0.25) is 14.3 Å². The number of aromatic amines is 1. The van der Waals surface area contributed by atoms with Crippen molar-refractivity contribution < 1.29 is 0 Å². The molecule has 2 unspecified atom stereocenters. The Morgan fingerprint density at radius 1 is 1.29 bits per heavy atom. The summed E-state index contributed by atoms with van der Waals surface area (Å²) in [5.74, 6) is 0.231. The zero-order valence-corrected chi connectivity index (χ0v) is 16.7. The number of hydrogen-bond acceptors (Lipinski definition) is 5. The molecular weight excluding hydrogens is 354 g/mol. The third kappa shape index (κ3) is 2.92. The fourth-order valence-electron chi connectivity index (χ4n) is 4.50. The molecule has 148 valence electrons. The van der Waals surface area contributed by atoms with Crippen LogP contribution in [0.4, 0.5) is 5.69 Å². The van der Waals surface area contributed by atoms with Gasteiger partial charge in [0.1, 0.15) is 0 Å². The summed E-state index contributed by atoms with van der Waals surface area (Å²) < 4.78 is 1.76. The van der Waals surface area contributed by atoms with E-state index in [1.807, 2.05) is 32.9 Å². The highest BCUT2D eigenvalue weighted by Gasteiger charge is 2.37. The van der Waals surface area contributed by atoms with Gasteiger partial charge in [0, 0.05) is 30.9 Å². The Kier molecular flexibility index (Phi) is 4.35. The van der Waals surface area contributed by atoms with Gasteiger partial charge in [-0.05, 0) is 63.6 Å². The topological polar surface area (TPSA) is 108 Å². The first kappa shape index (κ1) is 18.8. The normalized spacial score (nSPS) is 21.1. The molecule has 1 aliphatic carbocycles. The maximum Gasteiger partial charge on any atom is 0.329 e. The molecule has 1 saturated carbocycles. The van der Waals surface area contributed by atoms with Crippen molar-refractivity contribution in [1.29, 1.82) is 5.26 Å². The van der Waals surface area contributed by atoms with Crippen molar-refractivity contribution in [3.05, 3.63) is 38.5 Å². The summed E-state index contributed by atoms with van der Waals surface area (Å²) in [5.41, 5.74) is 7.93. The minimum Gasteiger partial charge on any atom is -0.371 e. The van der Waals surface area contributed by atoms with Crippen LogP contribution in [0, 0.1) is 29.6 Å². The van der Waals surface area contributed by atoms with Crippen LogP contribution < -0.4 is 21.9 Å². The molecule has 0 spiro atoms. The first-order valence-corrected chi connectivity index (χ1v) is 9.94. The summed E-state index contributed by atoms with van der Waals surface area (Å²) in [4.78, 5) is 29.5. The van der Waals surface area contributed by atoms with Crippen LogP contribution in [0.5, 0.6) is 0 Å². The van der Waals surface area contributed by atoms with Gasteiger partial charge in [-0.15, -0.1) is 0 Å². The molecule has 7 heteroatoms. The van der Waals surface area contributed by atoms with E-state index in [-0.39, 0.29) is 29.3 Å². The lowest BCUT2D eigenvalue weighted by Crippen LogP contribution is -2.43. The lowest BCUT2D eigenvalue weighted by Gasteiger charge is -2.30. The van der Waals surface area contributed by atoms with Crippen molar-refractivity contribution in [1.82, 2.24) is 9.55 Å².